The third-order valence-electron chi connectivity index (χ3n) is 7.46. The van der Waals surface area contributed by atoms with E-state index in [9.17, 15) is 9.59 Å². The molecule has 37 heavy (non-hydrogen) atoms. The van der Waals surface area contributed by atoms with E-state index in [4.69, 9.17) is 18.8 Å². The van der Waals surface area contributed by atoms with Crippen LogP contribution < -0.4 is 10.8 Å². The van der Waals surface area contributed by atoms with Crippen LogP contribution in [0.25, 0.3) is 0 Å². The number of rotatable bonds is 3. The summed E-state index contributed by atoms with van der Waals surface area (Å²) in [5.74, 6) is -3.23. The molecule has 3 atom stereocenters. The molecule has 202 valence electrons. The predicted octanol–water partition coefficient (Wildman–Crippen LogP) is 4.04. The molecule has 4 rings (SSSR count). The summed E-state index contributed by atoms with van der Waals surface area (Å²) in [4.78, 5) is 30.0. The highest BCUT2D eigenvalue weighted by Crippen LogP contribution is 2.66. The first kappa shape index (κ1) is 27.8. The normalized spacial score (nSPS) is 29.8. The van der Waals surface area contributed by atoms with Crippen molar-refractivity contribution in [1.29, 1.82) is 0 Å². The molecule has 0 spiro atoms. The fourth-order valence-electron chi connectivity index (χ4n) is 4.72. The van der Waals surface area contributed by atoms with Crippen LogP contribution in [0.4, 0.5) is 13.6 Å². The fraction of sp³-hybridized carbons (Fsp3) is 0.640. The SMILES string of the molecule is COC(=O)[C@]12C[C@H]1[C@@](C)(c1cc(B3OC(C)(C)C(C)(C)O3)cc(F)c1F)N=C(NC(=O)OC(C)(C)C)S2. The van der Waals surface area contributed by atoms with E-state index >= 15 is 8.78 Å². The molecule has 2 fully saturated rings. The molecule has 1 amide bonds. The van der Waals surface area contributed by atoms with Crippen LogP contribution in [-0.2, 0) is 29.1 Å². The number of carbonyl (C=O) groups is 2. The third-order valence-corrected chi connectivity index (χ3v) is 8.83. The van der Waals surface area contributed by atoms with E-state index in [-0.39, 0.29) is 16.2 Å². The number of halogens is 2. The molecule has 0 unspecified atom stereocenters. The Morgan fingerprint density at radius 3 is 2.27 bits per heavy atom. The van der Waals surface area contributed by atoms with Gasteiger partial charge < -0.3 is 18.8 Å². The lowest BCUT2D eigenvalue weighted by atomic mass is 9.75. The van der Waals surface area contributed by atoms with Crippen molar-refractivity contribution in [2.45, 2.75) is 88.9 Å². The van der Waals surface area contributed by atoms with E-state index < -0.39 is 63.8 Å². The lowest BCUT2D eigenvalue weighted by Crippen LogP contribution is -2.44. The summed E-state index contributed by atoms with van der Waals surface area (Å²) in [6.07, 6.45) is -0.483. The number of fused-ring (bicyclic) bond motifs is 1. The van der Waals surface area contributed by atoms with E-state index in [1.54, 1.807) is 27.7 Å². The molecule has 1 aromatic carbocycles. The number of thioether (sulfide) groups is 1. The summed E-state index contributed by atoms with van der Waals surface area (Å²) < 4.78 is 51.8. The Balaban J connectivity index is 1.78. The zero-order valence-corrected chi connectivity index (χ0v) is 23.4. The molecular formula is C25H33BF2N2O6S. The number of methoxy groups -OCH3 is 1. The van der Waals surface area contributed by atoms with Crippen LogP contribution in [0.2, 0.25) is 0 Å². The molecule has 0 radical (unpaired) electrons. The van der Waals surface area contributed by atoms with Crippen LogP contribution in [-0.4, -0.2) is 53.0 Å². The summed E-state index contributed by atoms with van der Waals surface area (Å²) in [6.45, 7) is 14.2. The Kier molecular flexibility index (Phi) is 6.53. The summed E-state index contributed by atoms with van der Waals surface area (Å²) in [7, 11) is 0.323. The van der Waals surface area contributed by atoms with Gasteiger partial charge in [0, 0.05) is 11.5 Å². The summed E-state index contributed by atoms with van der Waals surface area (Å²) in [5.41, 5.74) is -3.35. The molecule has 1 N–H and O–H groups in total. The molecule has 0 aromatic heterocycles. The number of hydrogen-bond donors (Lipinski definition) is 1. The van der Waals surface area contributed by atoms with E-state index in [2.05, 4.69) is 10.3 Å². The van der Waals surface area contributed by atoms with Gasteiger partial charge in [-0.1, -0.05) is 17.8 Å². The number of carbonyl (C=O) groups excluding carboxylic acids is 2. The van der Waals surface area contributed by atoms with E-state index in [0.717, 1.165) is 17.8 Å². The number of nitrogens with zero attached hydrogens (tertiary/aromatic N) is 1. The number of ether oxygens (including phenoxy) is 2. The van der Waals surface area contributed by atoms with Crippen molar-refractivity contribution in [3.05, 3.63) is 29.3 Å². The number of alkyl carbamates (subject to hydrolysis) is 1. The second kappa shape index (κ2) is 8.67. The largest absolute Gasteiger partial charge is 0.494 e. The molecule has 3 aliphatic rings. The van der Waals surface area contributed by atoms with Gasteiger partial charge in [-0.15, -0.1) is 0 Å². The molecule has 1 saturated carbocycles. The molecule has 1 aromatic rings. The first-order chi connectivity index (χ1) is 16.8. The summed E-state index contributed by atoms with van der Waals surface area (Å²) >= 11 is 1.03. The van der Waals surface area contributed by atoms with Gasteiger partial charge in [0.15, 0.2) is 16.8 Å². The van der Waals surface area contributed by atoms with Gasteiger partial charge in [-0.2, -0.15) is 0 Å². The van der Waals surface area contributed by atoms with Gasteiger partial charge in [0.25, 0.3) is 0 Å². The van der Waals surface area contributed by atoms with Crippen molar-refractivity contribution in [1.82, 2.24) is 5.32 Å². The maximum atomic E-state index is 15.5. The average molecular weight is 538 g/mol. The minimum atomic E-state index is -1.41. The zero-order chi connectivity index (χ0) is 27.8. The number of hydrogen-bond acceptors (Lipinski definition) is 8. The first-order valence-electron chi connectivity index (χ1n) is 12.1. The highest BCUT2D eigenvalue weighted by atomic mass is 32.2. The third kappa shape index (κ3) is 4.76. The molecule has 2 aliphatic heterocycles. The Morgan fingerprint density at radius 1 is 1.14 bits per heavy atom. The quantitative estimate of drug-likeness (QED) is 0.459. The van der Waals surface area contributed by atoms with Gasteiger partial charge >= 0.3 is 19.2 Å². The standard InChI is InChI=1S/C25H33BF2N2O6S/c1-21(2,3)34-20(32)29-19-30-24(8,16-12-25(16,37-19)18(31)33-9)14-10-13(11-15(27)17(14)28)26-35-22(4,5)23(6,7)36-26/h10-11,16H,12H2,1-9H3,(H,29,30,32)/t16-,24+,25-/m0/s1. The second-order valence-electron chi connectivity index (χ2n) is 11.9. The monoisotopic (exact) mass is 538 g/mol. The molecule has 0 bridgehead atoms. The smallest absolute Gasteiger partial charge is 0.468 e. The van der Waals surface area contributed by atoms with Crippen LogP contribution in [0.3, 0.4) is 0 Å². The highest BCUT2D eigenvalue weighted by molar-refractivity contribution is 8.16. The van der Waals surface area contributed by atoms with E-state index in [1.807, 2.05) is 27.7 Å². The Bertz CT molecular complexity index is 1170. The minimum Gasteiger partial charge on any atom is -0.468 e. The van der Waals surface area contributed by atoms with Gasteiger partial charge in [-0.3, -0.25) is 15.1 Å². The van der Waals surface area contributed by atoms with Gasteiger partial charge in [-0.05, 0) is 73.3 Å². The van der Waals surface area contributed by atoms with Crippen molar-refractivity contribution in [2.75, 3.05) is 7.11 Å². The lowest BCUT2D eigenvalue weighted by Gasteiger charge is -2.34. The van der Waals surface area contributed by atoms with E-state index in [1.165, 1.54) is 13.2 Å². The Hall–Kier alpha value is -2.18. The van der Waals surface area contributed by atoms with Crippen LogP contribution in [0.15, 0.2) is 17.1 Å². The number of benzene rings is 1. The van der Waals surface area contributed by atoms with Gasteiger partial charge in [0.1, 0.15) is 10.3 Å². The van der Waals surface area contributed by atoms with Gasteiger partial charge in [0.05, 0.1) is 23.9 Å². The molecular weight excluding hydrogens is 505 g/mol. The Morgan fingerprint density at radius 2 is 1.73 bits per heavy atom. The maximum absolute atomic E-state index is 15.5. The lowest BCUT2D eigenvalue weighted by molar-refractivity contribution is -0.141. The first-order valence-corrected chi connectivity index (χ1v) is 12.9. The molecule has 8 nitrogen and oxygen atoms in total. The fourth-order valence-corrected chi connectivity index (χ4v) is 6.22. The topological polar surface area (TPSA) is 95.5 Å². The number of aliphatic imine (C=N–C) groups is 1. The minimum absolute atomic E-state index is 0.0525. The van der Waals surface area contributed by atoms with Gasteiger partial charge in [0.2, 0.25) is 0 Å². The zero-order valence-electron chi connectivity index (χ0n) is 22.6. The maximum Gasteiger partial charge on any atom is 0.494 e. The number of nitrogens with one attached hydrogen (secondary N) is 1. The molecule has 1 aliphatic carbocycles. The van der Waals surface area contributed by atoms with Crippen molar-refractivity contribution in [3.63, 3.8) is 0 Å². The van der Waals surface area contributed by atoms with Crippen LogP contribution in [0.1, 0.15) is 67.4 Å². The van der Waals surface area contributed by atoms with Crippen molar-refractivity contribution >= 4 is 41.6 Å². The van der Waals surface area contributed by atoms with Crippen LogP contribution in [0.5, 0.6) is 0 Å². The molecule has 1 saturated heterocycles. The van der Waals surface area contributed by atoms with E-state index in [0.29, 0.717) is 6.42 Å². The molecule has 2 heterocycles. The van der Waals surface area contributed by atoms with Crippen molar-refractivity contribution in [2.24, 2.45) is 10.9 Å². The average Bonchev–Trinajstić information content (AvgIpc) is 3.44. The second-order valence-corrected chi connectivity index (χ2v) is 13.2. The van der Waals surface area contributed by atoms with Crippen molar-refractivity contribution in [3.8, 4) is 0 Å². The molecule has 12 heteroatoms. The van der Waals surface area contributed by atoms with Crippen LogP contribution in [0, 0.1) is 17.6 Å². The summed E-state index contributed by atoms with van der Waals surface area (Å²) in [5, 5.41) is 2.62. The van der Waals surface area contributed by atoms with Gasteiger partial charge in [-0.25, -0.2) is 13.6 Å². The predicted molar refractivity (Wildman–Crippen MR) is 137 cm³/mol. The number of esters is 1. The highest BCUT2D eigenvalue weighted by Gasteiger charge is 2.72. The van der Waals surface area contributed by atoms with Crippen LogP contribution >= 0.6 is 11.8 Å². The number of amides is 1. The Labute approximate surface area is 220 Å². The summed E-state index contributed by atoms with van der Waals surface area (Å²) in [6, 6.07) is 2.51. The van der Waals surface area contributed by atoms with Crippen molar-refractivity contribution < 1.29 is 37.2 Å². The number of amidine groups is 1.